The van der Waals surface area contributed by atoms with E-state index >= 15 is 0 Å². The Morgan fingerprint density at radius 3 is 2.61 bits per heavy atom. The third kappa shape index (κ3) is 5.77. The zero-order valence-corrected chi connectivity index (χ0v) is 20.0. The molecule has 0 amide bonds. The summed E-state index contributed by atoms with van der Waals surface area (Å²) >= 11 is 0. The van der Waals surface area contributed by atoms with Gasteiger partial charge in [-0.2, -0.15) is 0 Å². The zero-order chi connectivity index (χ0) is 22.6. The van der Waals surface area contributed by atoms with Crippen molar-refractivity contribution >= 4 is 26.7 Å². The van der Waals surface area contributed by atoms with E-state index in [-0.39, 0.29) is 17.8 Å². The number of hydrogen-bond acceptors (Lipinski definition) is 6. The molecule has 1 aliphatic rings. The van der Waals surface area contributed by atoms with Crippen molar-refractivity contribution in [3.8, 4) is 0 Å². The van der Waals surface area contributed by atoms with E-state index < -0.39 is 10.0 Å². The van der Waals surface area contributed by atoms with Crippen LogP contribution in [0, 0.1) is 5.92 Å². The first-order valence-corrected chi connectivity index (χ1v) is 12.6. The molecule has 1 aliphatic heterocycles. The first-order valence-electron chi connectivity index (χ1n) is 11.0. The molecule has 9 heteroatoms. The number of hydrogen-bond donors (Lipinski definition) is 1. The second kappa shape index (κ2) is 9.85. The van der Waals surface area contributed by atoms with Crippen LogP contribution >= 0.6 is 0 Å². The number of sulfonamides is 1. The average Bonchev–Trinajstić information content (AvgIpc) is 3.09. The molecule has 0 unspecified atom stereocenters. The van der Waals surface area contributed by atoms with E-state index in [1.165, 1.54) is 4.31 Å². The monoisotopic (exact) mass is 452 g/mol. The molecule has 0 aliphatic carbocycles. The van der Waals surface area contributed by atoms with Gasteiger partial charge in [-0.05, 0) is 37.0 Å². The highest BCUT2D eigenvalue weighted by Gasteiger charge is 2.26. The summed E-state index contributed by atoms with van der Waals surface area (Å²) in [7, 11) is -1.93. The van der Waals surface area contributed by atoms with Gasteiger partial charge < -0.3 is 19.8 Å². The van der Waals surface area contributed by atoms with E-state index in [1.807, 2.05) is 18.2 Å². The van der Waals surface area contributed by atoms with Gasteiger partial charge in [-0.25, -0.2) is 13.4 Å². The molecule has 0 atom stereocenters. The maximum absolute atomic E-state index is 12.7. The van der Waals surface area contributed by atoms with Gasteiger partial charge in [-0.3, -0.25) is 4.31 Å². The molecule has 0 spiro atoms. The maximum atomic E-state index is 12.7. The molecule has 0 bridgehead atoms. The van der Waals surface area contributed by atoms with Crippen molar-refractivity contribution in [2.75, 3.05) is 50.1 Å². The van der Waals surface area contributed by atoms with E-state index in [2.05, 4.69) is 25.3 Å². The number of aromatic nitrogens is 2. The summed E-state index contributed by atoms with van der Waals surface area (Å²) in [5.41, 5.74) is 7.72. The Balaban J connectivity index is 1.89. The van der Waals surface area contributed by atoms with Crippen molar-refractivity contribution in [1.29, 1.82) is 0 Å². The quantitative estimate of drug-likeness (QED) is 0.587. The standard InChI is InChI=1S/C22H36N4O4S/c1-22(2,3)21-24-19-15-18(25(4)31(27,28)14-13-30-12-9-23)5-6-20(19)26(21)16-17-7-10-29-11-8-17/h5-6,15,17H,7-14,16,23H2,1-4H3. The van der Waals surface area contributed by atoms with Crippen LogP contribution in [-0.2, 0) is 31.5 Å². The van der Waals surface area contributed by atoms with Gasteiger partial charge in [0.05, 0.1) is 35.7 Å². The normalized spacial score (nSPS) is 16.2. The topological polar surface area (TPSA) is 99.7 Å². The lowest BCUT2D eigenvalue weighted by Crippen LogP contribution is -2.31. The smallest absolute Gasteiger partial charge is 0.237 e. The summed E-state index contributed by atoms with van der Waals surface area (Å²) < 4.78 is 39.8. The van der Waals surface area contributed by atoms with Crippen molar-refractivity contribution in [2.24, 2.45) is 11.7 Å². The van der Waals surface area contributed by atoms with Crippen LogP contribution in [0.15, 0.2) is 18.2 Å². The van der Waals surface area contributed by atoms with Crippen LogP contribution in [0.3, 0.4) is 0 Å². The summed E-state index contributed by atoms with van der Waals surface area (Å²) in [6.45, 7) is 9.85. The fraction of sp³-hybridized carbons (Fsp3) is 0.682. The van der Waals surface area contributed by atoms with E-state index in [0.717, 1.165) is 49.5 Å². The highest BCUT2D eigenvalue weighted by molar-refractivity contribution is 7.92. The molecule has 2 aromatic rings. The minimum Gasteiger partial charge on any atom is -0.381 e. The number of imidazole rings is 1. The van der Waals surface area contributed by atoms with Gasteiger partial charge in [0.25, 0.3) is 0 Å². The molecule has 0 saturated carbocycles. The maximum Gasteiger partial charge on any atom is 0.237 e. The highest BCUT2D eigenvalue weighted by atomic mass is 32.2. The molecule has 31 heavy (non-hydrogen) atoms. The summed E-state index contributed by atoms with van der Waals surface area (Å²) in [5.74, 6) is 1.49. The van der Waals surface area contributed by atoms with Crippen LogP contribution in [0.5, 0.6) is 0 Å². The molecule has 8 nitrogen and oxygen atoms in total. The molecule has 1 saturated heterocycles. The number of nitrogens with zero attached hydrogens (tertiary/aromatic N) is 3. The van der Waals surface area contributed by atoms with Gasteiger partial charge in [0, 0.05) is 38.8 Å². The molecule has 0 radical (unpaired) electrons. The molecule has 1 aromatic heterocycles. The Kier molecular flexibility index (Phi) is 7.62. The zero-order valence-electron chi connectivity index (χ0n) is 19.1. The Labute approximate surface area is 185 Å². The van der Waals surface area contributed by atoms with Crippen molar-refractivity contribution in [1.82, 2.24) is 9.55 Å². The van der Waals surface area contributed by atoms with Crippen LogP contribution in [0.25, 0.3) is 11.0 Å². The predicted molar refractivity (Wildman–Crippen MR) is 124 cm³/mol. The summed E-state index contributed by atoms with van der Waals surface area (Å²) in [6.07, 6.45) is 2.10. The predicted octanol–water partition coefficient (Wildman–Crippen LogP) is 2.50. The van der Waals surface area contributed by atoms with Gasteiger partial charge in [0.1, 0.15) is 5.82 Å². The second-order valence-corrected chi connectivity index (χ2v) is 11.3. The molecule has 1 aromatic carbocycles. The molecular formula is C22H36N4O4S. The molecule has 3 rings (SSSR count). The largest absolute Gasteiger partial charge is 0.381 e. The third-order valence-electron chi connectivity index (χ3n) is 5.71. The van der Waals surface area contributed by atoms with Crippen LogP contribution in [-0.4, -0.2) is 63.7 Å². The molecule has 2 N–H and O–H groups in total. The minimum atomic E-state index is -3.50. The Hall–Kier alpha value is -1.68. The van der Waals surface area contributed by atoms with Crippen LogP contribution in [0.4, 0.5) is 5.69 Å². The lowest BCUT2D eigenvalue weighted by atomic mass is 9.94. The van der Waals surface area contributed by atoms with Crippen molar-refractivity contribution in [3.63, 3.8) is 0 Å². The lowest BCUT2D eigenvalue weighted by molar-refractivity contribution is 0.0611. The number of benzene rings is 1. The van der Waals surface area contributed by atoms with Gasteiger partial charge in [-0.1, -0.05) is 20.8 Å². The highest BCUT2D eigenvalue weighted by Crippen LogP contribution is 2.31. The van der Waals surface area contributed by atoms with Crippen LogP contribution in [0.1, 0.15) is 39.4 Å². The average molecular weight is 453 g/mol. The molecule has 1 fully saturated rings. The molecule has 2 heterocycles. The number of anilines is 1. The number of ether oxygens (including phenoxy) is 2. The van der Waals surface area contributed by atoms with Crippen molar-refractivity contribution in [3.05, 3.63) is 24.0 Å². The Morgan fingerprint density at radius 1 is 1.26 bits per heavy atom. The van der Waals surface area contributed by atoms with Gasteiger partial charge in [0.15, 0.2) is 0 Å². The lowest BCUT2D eigenvalue weighted by Gasteiger charge is -2.26. The van der Waals surface area contributed by atoms with E-state index in [4.69, 9.17) is 20.2 Å². The summed E-state index contributed by atoms with van der Waals surface area (Å²) in [6, 6.07) is 5.71. The van der Waals surface area contributed by atoms with Crippen LogP contribution in [0.2, 0.25) is 0 Å². The van der Waals surface area contributed by atoms with Gasteiger partial charge in [0.2, 0.25) is 10.0 Å². The molecule has 174 valence electrons. The van der Waals surface area contributed by atoms with E-state index in [0.29, 0.717) is 24.8 Å². The summed E-state index contributed by atoms with van der Waals surface area (Å²) in [5, 5.41) is 0. The third-order valence-corrected chi connectivity index (χ3v) is 7.44. The Morgan fingerprint density at radius 2 is 1.97 bits per heavy atom. The van der Waals surface area contributed by atoms with E-state index in [9.17, 15) is 8.42 Å². The first-order chi connectivity index (χ1) is 14.6. The number of rotatable bonds is 9. The fourth-order valence-electron chi connectivity index (χ4n) is 3.91. The molecular weight excluding hydrogens is 416 g/mol. The number of nitrogens with two attached hydrogens (primary N) is 1. The fourth-order valence-corrected chi connectivity index (χ4v) is 4.94. The Bertz CT molecular complexity index is 975. The number of fused-ring (bicyclic) bond motifs is 1. The SMILES string of the molecule is CN(c1ccc2c(c1)nc(C(C)(C)C)n2CC1CCOCC1)S(=O)(=O)CCOCCN. The first kappa shape index (κ1) is 24.0. The summed E-state index contributed by atoms with van der Waals surface area (Å²) in [4.78, 5) is 4.93. The van der Waals surface area contributed by atoms with E-state index in [1.54, 1.807) is 7.05 Å². The van der Waals surface area contributed by atoms with Gasteiger partial charge >= 0.3 is 0 Å². The van der Waals surface area contributed by atoms with Crippen LogP contribution < -0.4 is 10.0 Å². The minimum absolute atomic E-state index is 0.0903. The van der Waals surface area contributed by atoms with Crippen molar-refractivity contribution < 1.29 is 17.9 Å². The van der Waals surface area contributed by atoms with Crippen molar-refractivity contribution in [2.45, 2.75) is 45.6 Å². The van der Waals surface area contributed by atoms with Gasteiger partial charge in [-0.15, -0.1) is 0 Å². The second-order valence-electron chi connectivity index (χ2n) is 9.21.